The van der Waals surface area contributed by atoms with Gasteiger partial charge in [-0.2, -0.15) is 0 Å². The SMILES string of the molecule is CCc1cc2c(SCC(=O)NC34CC5CC(CC(C5)C3)C4)nc(C)nc2s1. The van der Waals surface area contributed by atoms with E-state index >= 15 is 0 Å². The lowest BCUT2D eigenvalue weighted by atomic mass is 9.53. The van der Waals surface area contributed by atoms with Gasteiger partial charge in [0.1, 0.15) is 15.7 Å². The number of carbonyl (C=O) groups excluding carboxylic acids is 1. The van der Waals surface area contributed by atoms with Crippen LogP contribution in [0.3, 0.4) is 0 Å². The number of aromatic nitrogens is 2. The first kappa shape index (κ1) is 17.9. The summed E-state index contributed by atoms with van der Waals surface area (Å²) >= 11 is 3.31. The Morgan fingerprint density at radius 2 is 1.89 bits per heavy atom. The van der Waals surface area contributed by atoms with Gasteiger partial charge in [-0.05, 0) is 75.7 Å². The van der Waals surface area contributed by atoms with E-state index in [0.29, 0.717) is 5.75 Å². The summed E-state index contributed by atoms with van der Waals surface area (Å²) in [5, 5.41) is 5.53. The van der Waals surface area contributed by atoms with Crippen LogP contribution in [0.4, 0.5) is 0 Å². The van der Waals surface area contributed by atoms with E-state index in [1.807, 2.05) is 6.92 Å². The highest BCUT2D eigenvalue weighted by Crippen LogP contribution is 2.55. The molecule has 0 spiro atoms. The van der Waals surface area contributed by atoms with Gasteiger partial charge in [0.05, 0.1) is 5.75 Å². The molecular weight excluding hydrogens is 374 g/mol. The number of rotatable bonds is 5. The number of carbonyl (C=O) groups is 1. The second kappa shape index (κ2) is 6.73. The quantitative estimate of drug-likeness (QED) is 0.581. The second-order valence-corrected chi connectivity index (χ2v) is 11.0. The minimum atomic E-state index is 0.0983. The number of nitrogens with one attached hydrogen (secondary N) is 1. The van der Waals surface area contributed by atoms with Gasteiger partial charge in [-0.3, -0.25) is 4.79 Å². The summed E-state index contributed by atoms with van der Waals surface area (Å²) in [5.74, 6) is 3.98. The lowest BCUT2D eigenvalue weighted by Gasteiger charge is -2.56. The molecule has 6 heteroatoms. The van der Waals surface area contributed by atoms with Gasteiger partial charge in [0.15, 0.2) is 0 Å². The van der Waals surface area contributed by atoms with E-state index in [4.69, 9.17) is 0 Å². The lowest BCUT2D eigenvalue weighted by Crippen LogP contribution is -2.60. The smallest absolute Gasteiger partial charge is 0.230 e. The molecular formula is C21H27N3OS2. The van der Waals surface area contributed by atoms with Crippen molar-refractivity contribution in [2.75, 3.05) is 5.75 Å². The zero-order chi connectivity index (χ0) is 18.6. The molecule has 0 unspecified atom stereocenters. The molecule has 2 aromatic heterocycles. The number of hydrogen-bond acceptors (Lipinski definition) is 5. The first-order valence-corrected chi connectivity index (χ1v) is 12.0. The van der Waals surface area contributed by atoms with E-state index in [1.54, 1.807) is 23.1 Å². The Balaban J connectivity index is 1.29. The third-order valence-electron chi connectivity index (χ3n) is 6.65. The maximum atomic E-state index is 12.8. The van der Waals surface area contributed by atoms with Gasteiger partial charge in [0.25, 0.3) is 0 Å². The van der Waals surface area contributed by atoms with E-state index in [2.05, 4.69) is 28.3 Å². The number of thiophene rings is 1. The largest absolute Gasteiger partial charge is 0.350 e. The molecule has 0 atom stereocenters. The number of aryl methyl sites for hydroxylation is 2. The average molecular weight is 402 g/mol. The normalized spacial score (nSPS) is 31.6. The lowest BCUT2D eigenvalue weighted by molar-refractivity contribution is -0.124. The number of amides is 1. The van der Waals surface area contributed by atoms with E-state index in [0.717, 1.165) is 45.2 Å². The number of nitrogens with zero attached hydrogens (tertiary/aromatic N) is 2. The van der Waals surface area contributed by atoms with Crippen molar-refractivity contribution >= 4 is 39.2 Å². The molecule has 27 heavy (non-hydrogen) atoms. The Labute approximate surface area is 168 Å². The van der Waals surface area contributed by atoms with Crippen LogP contribution >= 0.6 is 23.1 Å². The van der Waals surface area contributed by atoms with Gasteiger partial charge in [-0.1, -0.05) is 18.7 Å². The van der Waals surface area contributed by atoms with Crippen molar-refractivity contribution in [3.63, 3.8) is 0 Å². The maximum absolute atomic E-state index is 12.8. The minimum Gasteiger partial charge on any atom is -0.350 e. The Hall–Kier alpha value is -1.14. The first-order valence-electron chi connectivity index (χ1n) is 10.2. The van der Waals surface area contributed by atoms with Gasteiger partial charge in [0, 0.05) is 15.8 Å². The molecule has 1 amide bonds. The fourth-order valence-electron chi connectivity index (χ4n) is 6.06. The zero-order valence-corrected chi connectivity index (χ0v) is 17.7. The first-order chi connectivity index (χ1) is 13.0. The fourth-order valence-corrected chi connectivity index (χ4v) is 7.99. The average Bonchev–Trinajstić information content (AvgIpc) is 3.01. The minimum absolute atomic E-state index is 0.0983. The Morgan fingerprint density at radius 3 is 2.52 bits per heavy atom. The summed E-state index contributed by atoms with van der Waals surface area (Å²) < 4.78 is 0. The fraction of sp³-hybridized carbons (Fsp3) is 0.667. The predicted octanol–water partition coefficient (Wildman–Crippen LogP) is 4.74. The topological polar surface area (TPSA) is 54.9 Å². The van der Waals surface area contributed by atoms with E-state index < -0.39 is 0 Å². The summed E-state index contributed by atoms with van der Waals surface area (Å²) in [4.78, 5) is 24.4. The van der Waals surface area contributed by atoms with E-state index in [-0.39, 0.29) is 11.4 Å². The standard InChI is InChI=1S/C21H27N3OS2/c1-3-16-7-17-19(22-12(2)23-20(17)27-16)26-11-18(25)24-21-8-13-4-14(9-21)6-15(5-13)10-21/h7,13-15H,3-6,8-11H2,1-2H3,(H,24,25). The summed E-state index contributed by atoms with van der Waals surface area (Å²) in [6, 6.07) is 2.19. The monoisotopic (exact) mass is 401 g/mol. The molecule has 0 aliphatic heterocycles. The molecule has 4 saturated carbocycles. The Kier molecular flexibility index (Phi) is 4.47. The molecule has 2 aromatic rings. The van der Waals surface area contributed by atoms with E-state index in [1.165, 1.54) is 43.4 Å². The highest BCUT2D eigenvalue weighted by atomic mass is 32.2. The molecule has 6 rings (SSSR count). The summed E-state index contributed by atoms with van der Waals surface area (Å²) in [6.45, 7) is 4.10. The van der Waals surface area contributed by atoms with Gasteiger partial charge < -0.3 is 5.32 Å². The van der Waals surface area contributed by atoms with Crippen LogP contribution in [0.1, 0.15) is 56.2 Å². The molecule has 2 heterocycles. The number of fused-ring (bicyclic) bond motifs is 1. The van der Waals surface area contributed by atoms with Crippen molar-refractivity contribution in [2.45, 2.75) is 69.4 Å². The number of thioether (sulfide) groups is 1. The van der Waals surface area contributed by atoms with Crippen molar-refractivity contribution in [1.29, 1.82) is 0 Å². The molecule has 0 radical (unpaired) electrons. The maximum Gasteiger partial charge on any atom is 0.230 e. The highest BCUT2D eigenvalue weighted by Gasteiger charge is 2.51. The van der Waals surface area contributed by atoms with Crippen LogP contribution in [0.25, 0.3) is 10.2 Å². The van der Waals surface area contributed by atoms with Gasteiger partial charge in [-0.15, -0.1) is 11.3 Å². The van der Waals surface area contributed by atoms with Crippen molar-refractivity contribution in [3.8, 4) is 0 Å². The van der Waals surface area contributed by atoms with Crippen LogP contribution in [-0.4, -0.2) is 27.2 Å². The highest BCUT2D eigenvalue weighted by molar-refractivity contribution is 8.00. The van der Waals surface area contributed by atoms with Crippen LogP contribution in [0.5, 0.6) is 0 Å². The van der Waals surface area contributed by atoms with Crippen LogP contribution < -0.4 is 5.32 Å². The molecule has 4 aliphatic carbocycles. The van der Waals surface area contributed by atoms with Crippen LogP contribution in [0, 0.1) is 24.7 Å². The van der Waals surface area contributed by atoms with Gasteiger partial charge in [0.2, 0.25) is 5.91 Å². The summed E-state index contributed by atoms with van der Waals surface area (Å²) in [5.41, 5.74) is 0.0983. The van der Waals surface area contributed by atoms with Crippen LogP contribution in [0.15, 0.2) is 11.1 Å². The van der Waals surface area contributed by atoms with Crippen molar-refractivity contribution in [2.24, 2.45) is 17.8 Å². The van der Waals surface area contributed by atoms with Gasteiger partial charge >= 0.3 is 0 Å². The van der Waals surface area contributed by atoms with Crippen LogP contribution in [0.2, 0.25) is 0 Å². The van der Waals surface area contributed by atoms with Crippen molar-refractivity contribution < 1.29 is 4.79 Å². The van der Waals surface area contributed by atoms with Crippen molar-refractivity contribution in [1.82, 2.24) is 15.3 Å². The summed E-state index contributed by atoms with van der Waals surface area (Å²) in [6.07, 6.45) is 8.83. The molecule has 0 aromatic carbocycles. The summed E-state index contributed by atoms with van der Waals surface area (Å²) in [7, 11) is 0. The Bertz CT molecular complexity index is 856. The van der Waals surface area contributed by atoms with Crippen molar-refractivity contribution in [3.05, 3.63) is 16.8 Å². The zero-order valence-electron chi connectivity index (χ0n) is 16.1. The number of hydrogen-bond donors (Lipinski definition) is 1. The molecule has 144 valence electrons. The Morgan fingerprint density at radius 1 is 1.22 bits per heavy atom. The van der Waals surface area contributed by atoms with E-state index in [9.17, 15) is 4.79 Å². The second-order valence-electron chi connectivity index (χ2n) is 8.90. The van der Waals surface area contributed by atoms with Gasteiger partial charge in [-0.25, -0.2) is 9.97 Å². The molecule has 4 aliphatic rings. The predicted molar refractivity (Wildman–Crippen MR) is 111 cm³/mol. The molecule has 4 fully saturated rings. The third-order valence-corrected chi connectivity index (χ3v) is 8.82. The molecule has 4 bridgehead atoms. The molecule has 4 nitrogen and oxygen atoms in total. The molecule has 0 saturated heterocycles. The third kappa shape index (κ3) is 3.39. The molecule has 1 N–H and O–H groups in total. The van der Waals surface area contributed by atoms with Crippen LogP contribution in [-0.2, 0) is 11.2 Å².